The predicted octanol–water partition coefficient (Wildman–Crippen LogP) is 1.80. The van der Waals surface area contributed by atoms with Crippen LogP contribution in [0.5, 0.6) is 0 Å². The van der Waals surface area contributed by atoms with Crippen LogP contribution in [-0.2, 0) is 16.6 Å². The summed E-state index contributed by atoms with van der Waals surface area (Å²) in [5.74, 6) is 0.261. The van der Waals surface area contributed by atoms with E-state index in [0.29, 0.717) is 5.69 Å². The maximum atomic E-state index is 11.8. The summed E-state index contributed by atoms with van der Waals surface area (Å²) in [4.78, 5) is 0. The molecule has 0 unspecified atom stereocenters. The molecule has 96 valence electrons. The Morgan fingerprint density at radius 1 is 1.29 bits per heavy atom. The first kappa shape index (κ1) is 14.0. The van der Waals surface area contributed by atoms with E-state index >= 15 is 0 Å². The molecule has 0 radical (unpaired) electrons. The van der Waals surface area contributed by atoms with E-state index in [4.69, 9.17) is 0 Å². The lowest BCUT2D eigenvalue weighted by Gasteiger charge is -2.10. The molecule has 0 saturated heterocycles. The summed E-state index contributed by atoms with van der Waals surface area (Å²) in [5.41, 5.74) is 1.68. The highest BCUT2D eigenvalue weighted by Crippen LogP contribution is 2.13. The van der Waals surface area contributed by atoms with Crippen molar-refractivity contribution < 1.29 is 8.42 Å². The van der Waals surface area contributed by atoms with Gasteiger partial charge in [-0.1, -0.05) is 26.0 Å². The zero-order chi connectivity index (χ0) is 12.9. The summed E-state index contributed by atoms with van der Waals surface area (Å²) >= 11 is 0. The topological polar surface area (TPSA) is 58.2 Å². The first-order valence-electron chi connectivity index (χ1n) is 5.67. The zero-order valence-corrected chi connectivity index (χ0v) is 11.3. The molecule has 1 rings (SSSR count). The second-order valence-corrected chi connectivity index (χ2v) is 6.27. The van der Waals surface area contributed by atoms with E-state index in [1.54, 1.807) is 6.07 Å². The maximum absolute atomic E-state index is 11.8. The van der Waals surface area contributed by atoms with Crippen LogP contribution in [-0.4, -0.2) is 21.2 Å². The van der Waals surface area contributed by atoms with Gasteiger partial charge in [0.1, 0.15) is 0 Å². The number of hydrogen-bond acceptors (Lipinski definition) is 3. The zero-order valence-electron chi connectivity index (χ0n) is 10.5. The maximum Gasteiger partial charge on any atom is 0.232 e. The standard InChI is InChI=1S/C12H20N2O2S/c1-10(2)9-17(15,16)14-12-6-4-5-11(7-12)8-13-3/h4-7,10,13-14H,8-9H2,1-3H3. The van der Waals surface area contributed by atoms with Crippen molar-refractivity contribution in [2.24, 2.45) is 5.92 Å². The predicted molar refractivity (Wildman–Crippen MR) is 71.5 cm³/mol. The van der Waals surface area contributed by atoms with Crippen LogP contribution in [0.2, 0.25) is 0 Å². The highest BCUT2D eigenvalue weighted by atomic mass is 32.2. The number of sulfonamides is 1. The van der Waals surface area contributed by atoms with Gasteiger partial charge in [-0.3, -0.25) is 4.72 Å². The largest absolute Gasteiger partial charge is 0.316 e. The van der Waals surface area contributed by atoms with E-state index in [1.807, 2.05) is 39.1 Å². The van der Waals surface area contributed by atoms with Crippen molar-refractivity contribution in [3.63, 3.8) is 0 Å². The van der Waals surface area contributed by atoms with Crippen LogP contribution in [0, 0.1) is 5.92 Å². The molecule has 0 aliphatic heterocycles. The van der Waals surface area contributed by atoms with Crippen LogP contribution in [0.3, 0.4) is 0 Å². The Bertz CT molecular complexity index is 455. The molecule has 2 N–H and O–H groups in total. The molecule has 0 aliphatic carbocycles. The summed E-state index contributed by atoms with van der Waals surface area (Å²) in [6, 6.07) is 7.40. The van der Waals surface area contributed by atoms with Gasteiger partial charge in [-0.05, 0) is 30.7 Å². The summed E-state index contributed by atoms with van der Waals surface area (Å²) in [7, 11) is -1.38. The Labute approximate surface area is 103 Å². The lowest BCUT2D eigenvalue weighted by molar-refractivity contribution is 0.587. The molecule has 0 fully saturated rings. The molecule has 0 bridgehead atoms. The average Bonchev–Trinajstić information content (AvgIpc) is 2.15. The third-order valence-corrected chi connectivity index (χ3v) is 3.79. The van der Waals surface area contributed by atoms with Gasteiger partial charge in [-0.2, -0.15) is 0 Å². The molecule has 4 nitrogen and oxygen atoms in total. The molecule has 0 spiro atoms. The Hall–Kier alpha value is -1.07. The van der Waals surface area contributed by atoms with Crippen molar-refractivity contribution in [1.29, 1.82) is 0 Å². The molecule has 17 heavy (non-hydrogen) atoms. The van der Waals surface area contributed by atoms with E-state index in [9.17, 15) is 8.42 Å². The summed E-state index contributed by atoms with van der Waals surface area (Å²) in [6.07, 6.45) is 0. The number of benzene rings is 1. The highest BCUT2D eigenvalue weighted by Gasteiger charge is 2.12. The lowest BCUT2D eigenvalue weighted by atomic mass is 10.2. The second-order valence-electron chi connectivity index (χ2n) is 4.51. The molecule has 0 amide bonds. The molecule has 1 aromatic rings. The van der Waals surface area contributed by atoms with Gasteiger partial charge in [-0.25, -0.2) is 8.42 Å². The van der Waals surface area contributed by atoms with Crippen molar-refractivity contribution in [3.8, 4) is 0 Å². The highest BCUT2D eigenvalue weighted by molar-refractivity contribution is 7.92. The smallest absolute Gasteiger partial charge is 0.232 e. The fraction of sp³-hybridized carbons (Fsp3) is 0.500. The molecule has 0 aromatic heterocycles. The van der Waals surface area contributed by atoms with Crippen LogP contribution in [0.25, 0.3) is 0 Å². The average molecular weight is 256 g/mol. The van der Waals surface area contributed by atoms with Gasteiger partial charge in [0.25, 0.3) is 0 Å². The quantitative estimate of drug-likeness (QED) is 0.816. The molecule has 0 aliphatic rings. The van der Waals surface area contributed by atoms with Crippen LogP contribution in [0.4, 0.5) is 5.69 Å². The van der Waals surface area contributed by atoms with E-state index in [0.717, 1.165) is 12.1 Å². The SMILES string of the molecule is CNCc1cccc(NS(=O)(=O)CC(C)C)c1. The van der Waals surface area contributed by atoms with Gasteiger partial charge >= 0.3 is 0 Å². The summed E-state index contributed by atoms with van der Waals surface area (Å²) < 4.78 is 26.1. The minimum atomic E-state index is -3.24. The van der Waals surface area contributed by atoms with Crippen LogP contribution in [0.1, 0.15) is 19.4 Å². The molecule has 5 heteroatoms. The first-order valence-corrected chi connectivity index (χ1v) is 7.32. The van der Waals surface area contributed by atoms with Crippen LogP contribution in [0.15, 0.2) is 24.3 Å². The van der Waals surface area contributed by atoms with Gasteiger partial charge in [-0.15, -0.1) is 0 Å². The van der Waals surface area contributed by atoms with E-state index in [1.165, 1.54) is 0 Å². The first-order chi connectivity index (χ1) is 7.93. The Morgan fingerprint density at radius 3 is 2.59 bits per heavy atom. The Balaban J connectivity index is 2.77. The number of nitrogens with one attached hydrogen (secondary N) is 2. The lowest BCUT2D eigenvalue weighted by Crippen LogP contribution is -2.20. The monoisotopic (exact) mass is 256 g/mol. The minimum Gasteiger partial charge on any atom is -0.316 e. The third-order valence-electron chi connectivity index (χ3n) is 2.13. The third kappa shape index (κ3) is 5.19. The molecule has 0 heterocycles. The second kappa shape index (κ2) is 6.02. The number of hydrogen-bond donors (Lipinski definition) is 2. The molecular weight excluding hydrogens is 236 g/mol. The van der Waals surface area contributed by atoms with Gasteiger partial charge < -0.3 is 5.32 Å². The Morgan fingerprint density at radius 2 is 2.00 bits per heavy atom. The van der Waals surface area contributed by atoms with E-state index in [2.05, 4.69) is 10.0 Å². The summed E-state index contributed by atoms with van der Waals surface area (Å²) in [6.45, 7) is 4.49. The van der Waals surface area contributed by atoms with Crippen molar-refractivity contribution in [1.82, 2.24) is 5.32 Å². The van der Waals surface area contributed by atoms with Crippen molar-refractivity contribution in [3.05, 3.63) is 29.8 Å². The normalized spacial score (nSPS) is 11.8. The minimum absolute atomic E-state index is 0.119. The molecule has 1 aromatic carbocycles. The fourth-order valence-corrected chi connectivity index (χ4v) is 3.06. The number of anilines is 1. The molecule has 0 atom stereocenters. The van der Waals surface area contributed by atoms with E-state index in [-0.39, 0.29) is 11.7 Å². The van der Waals surface area contributed by atoms with Crippen molar-refractivity contribution >= 4 is 15.7 Å². The van der Waals surface area contributed by atoms with Gasteiger partial charge in [0.15, 0.2) is 0 Å². The number of rotatable bonds is 6. The Kier molecular flexibility index (Phi) is 4.96. The van der Waals surface area contributed by atoms with E-state index < -0.39 is 10.0 Å². The van der Waals surface area contributed by atoms with Gasteiger partial charge in [0.2, 0.25) is 10.0 Å². The van der Waals surface area contributed by atoms with Crippen molar-refractivity contribution in [2.75, 3.05) is 17.5 Å². The van der Waals surface area contributed by atoms with Gasteiger partial charge in [0.05, 0.1) is 5.75 Å². The van der Waals surface area contributed by atoms with Gasteiger partial charge in [0, 0.05) is 12.2 Å². The fourth-order valence-electron chi connectivity index (χ4n) is 1.61. The molecule has 0 saturated carbocycles. The van der Waals surface area contributed by atoms with Crippen molar-refractivity contribution in [2.45, 2.75) is 20.4 Å². The van der Waals surface area contributed by atoms with Crippen LogP contribution < -0.4 is 10.0 Å². The molecular formula is C12H20N2O2S. The summed E-state index contributed by atoms with van der Waals surface area (Å²) in [5, 5.41) is 3.03. The van der Waals surface area contributed by atoms with Crippen LogP contribution >= 0.6 is 0 Å².